The van der Waals surface area contributed by atoms with E-state index in [1.54, 1.807) is 30.1 Å². The lowest BCUT2D eigenvalue weighted by Crippen LogP contribution is -2.33. The molecule has 1 fully saturated rings. The first-order chi connectivity index (χ1) is 19.2. The third-order valence-electron chi connectivity index (χ3n) is 7.91. The van der Waals surface area contributed by atoms with Crippen LogP contribution in [-0.2, 0) is 26.3 Å². The number of aromatic nitrogens is 3. The van der Waals surface area contributed by atoms with Gasteiger partial charge in [-0.15, -0.1) is 10.2 Å². The van der Waals surface area contributed by atoms with Crippen molar-refractivity contribution in [2.75, 3.05) is 18.0 Å². The van der Waals surface area contributed by atoms with Crippen LogP contribution >= 0.6 is 0 Å². The number of piperidine rings is 1. The maximum atomic E-state index is 14.4. The van der Waals surface area contributed by atoms with Crippen LogP contribution in [0, 0.1) is 5.92 Å². The molecule has 2 aliphatic heterocycles. The van der Waals surface area contributed by atoms with Crippen LogP contribution < -0.4 is 4.90 Å². The number of likely N-dealkylation sites (tertiary alicyclic amines) is 1. The van der Waals surface area contributed by atoms with Crippen molar-refractivity contribution in [1.82, 2.24) is 19.7 Å². The van der Waals surface area contributed by atoms with E-state index in [2.05, 4.69) is 22.0 Å². The normalized spacial score (nSPS) is 17.9. The van der Waals surface area contributed by atoms with E-state index in [4.69, 9.17) is 0 Å². The van der Waals surface area contributed by atoms with Gasteiger partial charge in [0.05, 0.1) is 23.4 Å². The van der Waals surface area contributed by atoms with Gasteiger partial charge >= 0.3 is 6.18 Å². The molecule has 1 saturated heterocycles. The van der Waals surface area contributed by atoms with Gasteiger partial charge in [0.1, 0.15) is 6.33 Å². The van der Waals surface area contributed by atoms with E-state index in [-0.39, 0.29) is 17.7 Å². The number of nitrogens with zero attached hydrogens (tertiary/aromatic N) is 5. The molecule has 1 unspecified atom stereocenters. The fourth-order valence-corrected chi connectivity index (χ4v) is 6.06. The highest BCUT2D eigenvalue weighted by atomic mass is 19.4. The van der Waals surface area contributed by atoms with Crippen LogP contribution in [0.5, 0.6) is 0 Å². The summed E-state index contributed by atoms with van der Waals surface area (Å²) in [5.41, 5.74) is 2.77. The molecule has 0 aliphatic carbocycles. The highest BCUT2D eigenvalue weighted by Crippen LogP contribution is 2.44. The van der Waals surface area contributed by atoms with E-state index >= 15 is 0 Å². The fourth-order valence-electron chi connectivity index (χ4n) is 6.06. The Labute approximate surface area is 231 Å². The maximum absolute atomic E-state index is 14.4. The second-order valence-corrected chi connectivity index (χ2v) is 10.9. The first-order valence-corrected chi connectivity index (χ1v) is 13.5. The number of carbonyl (C=O) groups is 1. The Morgan fingerprint density at radius 2 is 1.82 bits per heavy atom. The van der Waals surface area contributed by atoms with Crippen LogP contribution in [0.25, 0.3) is 22.5 Å². The van der Waals surface area contributed by atoms with E-state index in [0.29, 0.717) is 35.1 Å². The summed E-state index contributed by atoms with van der Waals surface area (Å²) in [6, 6.07) is 18.1. The smallest absolute Gasteiger partial charge is 0.317 e. The van der Waals surface area contributed by atoms with Gasteiger partial charge in [-0.25, -0.2) is 0 Å². The van der Waals surface area contributed by atoms with Crippen molar-refractivity contribution in [2.45, 2.75) is 39.0 Å². The number of halogens is 3. The van der Waals surface area contributed by atoms with Gasteiger partial charge < -0.3 is 9.47 Å². The molecule has 206 valence electrons. The third-order valence-corrected chi connectivity index (χ3v) is 7.91. The number of amides is 1. The van der Waals surface area contributed by atoms with Gasteiger partial charge in [0.25, 0.3) is 5.91 Å². The minimum atomic E-state index is -4.58. The van der Waals surface area contributed by atoms with Gasteiger partial charge in [0, 0.05) is 25.7 Å². The van der Waals surface area contributed by atoms with E-state index in [0.717, 1.165) is 37.1 Å². The molecule has 6 nitrogen and oxygen atoms in total. The van der Waals surface area contributed by atoms with E-state index < -0.39 is 17.6 Å². The minimum Gasteiger partial charge on any atom is -0.317 e. The largest absolute Gasteiger partial charge is 0.416 e. The van der Waals surface area contributed by atoms with E-state index in [9.17, 15) is 18.0 Å². The van der Waals surface area contributed by atoms with E-state index in [1.807, 2.05) is 42.5 Å². The molecule has 1 amide bonds. The van der Waals surface area contributed by atoms with Gasteiger partial charge in [-0.2, -0.15) is 13.2 Å². The molecule has 6 rings (SSSR count). The number of fused-ring (bicyclic) bond motifs is 1. The number of anilines is 1. The van der Waals surface area contributed by atoms with E-state index in [1.165, 1.54) is 11.0 Å². The van der Waals surface area contributed by atoms with Crippen LogP contribution in [0.2, 0.25) is 0 Å². The molecule has 0 N–H and O–H groups in total. The van der Waals surface area contributed by atoms with Crippen molar-refractivity contribution in [3.8, 4) is 22.5 Å². The average molecular weight is 546 g/mol. The van der Waals surface area contributed by atoms with Crippen LogP contribution in [0.15, 0.2) is 67.0 Å². The monoisotopic (exact) mass is 545 g/mol. The Bertz CT molecular complexity index is 1560. The molecular formula is C31H30F3N5O. The van der Waals surface area contributed by atoms with Crippen LogP contribution in [-0.4, -0.2) is 38.7 Å². The number of hydrogen-bond acceptors (Lipinski definition) is 4. The van der Waals surface area contributed by atoms with Crippen molar-refractivity contribution in [3.05, 3.63) is 89.2 Å². The molecule has 3 heterocycles. The van der Waals surface area contributed by atoms with Gasteiger partial charge in [0.2, 0.25) is 0 Å². The standard InChI is InChI=1S/C31H30F3N5O/c1-20-8-7-13-38(16-20)17-21-14-24-25(26(15-21)31(32,33)34)18-39(30(24)40)27-12-6-11-23(22-9-4-3-5-10-22)28(27)29-36-35-19-37(29)2/h3-6,9-12,14-15,19-20H,7-8,13,16-18H2,1-2H3. The molecular weight excluding hydrogens is 515 g/mol. The Hall–Kier alpha value is -3.98. The first kappa shape index (κ1) is 26.3. The van der Waals surface area contributed by atoms with Crippen LogP contribution in [0.1, 0.15) is 46.8 Å². The molecule has 0 bridgehead atoms. The number of alkyl halides is 3. The summed E-state index contributed by atoms with van der Waals surface area (Å²) in [5, 5.41) is 8.34. The van der Waals surface area contributed by atoms with Gasteiger partial charge in [-0.3, -0.25) is 9.69 Å². The maximum Gasteiger partial charge on any atom is 0.416 e. The number of aryl methyl sites for hydroxylation is 1. The quantitative estimate of drug-likeness (QED) is 0.285. The van der Waals surface area contributed by atoms with Crippen LogP contribution in [0.3, 0.4) is 0 Å². The summed E-state index contributed by atoms with van der Waals surface area (Å²) in [7, 11) is 1.80. The van der Waals surface area contributed by atoms with Crippen molar-refractivity contribution in [3.63, 3.8) is 0 Å². The lowest BCUT2D eigenvalue weighted by molar-refractivity contribution is -0.138. The van der Waals surface area contributed by atoms with Crippen LogP contribution in [0.4, 0.5) is 18.9 Å². The molecule has 9 heteroatoms. The Balaban J connectivity index is 1.46. The zero-order valence-corrected chi connectivity index (χ0v) is 22.4. The van der Waals surface area contributed by atoms with Gasteiger partial charge in [0.15, 0.2) is 5.82 Å². The number of benzene rings is 3. The molecule has 0 spiro atoms. The summed E-state index contributed by atoms with van der Waals surface area (Å²) in [6.07, 6.45) is -0.869. The predicted molar refractivity (Wildman–Crippen MR) is 148 cm³/mol. The number of rotatable bonds is 5. The zero-order chi connectivity index (χ0) is 28.0. The lowest BCUT2D eigenvalue weighted by Gasteiger charge is -2.31. The lowest BCUT2D eigenvalue weighted by atomic mass is 9.96. The second kappa shape index (κ2) is 10.2. The van der Waals surface area contributed by atoms with Crippen molar-refractivity contribution >= 4 is 11.6 Å². The van der Waals surface area contributed by atoms with Crippen molar-refractivity contribution in [1.29, 1.82) is 0 Å². The van der Waals surface area contributed by atoms with Gasteiger partial charge in [-0.1, -0.05) is 49.4 Å². The first-order valence-electron chi connectivity index (χ1n) is 13.5. The Kier molecular flexibility index (Phi) is 6.70. The SMILES string of the molecule is CC1CCCN(Cc2cc3c(c(C(F)(F)F)c2)CN(c2cccc(-c4ccccc4)c2-c2nncn2C)C3=O)C1. The zero-order valence-electron chi connectivity index (χ0n) is 22.4. The van der Waals surface area contributed by atoms with Crippen molar-refractivity contribution < 1.29 is 18.0 Å². The number of hydrogen-bond donors (Lipinski definition) is 0. The fraction of sp³-hybridized carbons (Fsp3) is 0.323. The number of carbonyl (C=O) groups excluding carboxylic acids is 1. The summed E-state index contributed by atoms with van der Waals surface area (Å²) in [5.74, 6) is 0.579. The second-order valence-electron chi connectivity index (χ2n) is 10.9. The topological polar surface area (TPSA) is 54.3 Å². The molecule has 1 atom stereocenters. The molecule has 1 aromatic heterocycles. The van der Waals surface area contributed by atoms with Crippen molar-refractivity contribution in [2.24, 2.45) is 13.0 Å². The third kappa shape index (κ3) is 4.79. The predicted octanol–water partition coefficient (Wildman–Crippen LogP) is 6.56. The summed E-state index contributed by atoms with van der Waals surface area (Å²) in [6.45, 7) is 4.06. The highest BCUT2D eigenvalue weighted by Gasteiger charge is 2.41. The summed E-state index contributed by atoms with van der Waals surface area (Å²) in [4.78, 5) is 17.6. The average Bonchev–Trinajstić information content (AvgIpc) is 3.50. The van der Waals surface area contributed by atoms with Gasteiger partial charge in [-0.05, 0) is 65.8 Å². The Morgan fingerprint density at radius 3 is 2.52 bits per heavy atom. The molecule has 0 radical (unpaired) electrons. The molecule has 0 saturated carbocycles. The molecule has 4 aromatic rings. The molecule has 2 aliphatic rings. The highest BCUT2D eigenvalue weighted by molar-refractivity contribution is 6.13. The Morgan fingerprint density at radius 1 is 1.02 bits per heavy atom. The summed E-state index contributed by atoms with van der Waals surface area (Å²) < 4.78 is 44.9. The molecule has 3 aromatic carbocycles. The summed E-state index contributed by atoms with van der Waals surface area (Å²) >= 11 is 0. The minimum absolute atomic E-state index is 0.0160. The molecule has 40 heavy (non-hydrogen) atoms.